The maximum atomic E-state index is 13.5. The number of rotatable bonds is 29. The second-order valence-electron chi connectivity index (χ2n) is 15.3. The fourth-order valence-electron chi connectivity index (χ4n) is 5.64. The summed E-state index contributed by atoms with van der Waals surface area (Å²) in [5.74, 6) is -0.244. The van der Waals surface area contributed by atoms with Gasteiger partial charge in [-0.25, -0.2) is 0 Å². The minimum absolute atomic E-state index is 0.0324. The van der Waals surface area contributed by atoms with Gasteiger partial charge in [0.15, 0.2) is 0 Å². The maximum absolute atomic E-state index is 13.5. The predicted molar refractivity (Wildman–Crippen MR) is 197 cm³/mol. The minimum Gasteiger partial charge on any atom is -0.390 e. The fourth-order valence-corrected chi connectivity index (χ4v) is 5.64. The Labute approximate surface area is 293 Å². The molecule has 0 aliphatic rings. The van der Waals surface area contributed by atoms with Crippen molar-refractivity contribution in [3.8, 4) is 0 Å². The third-order valence-electron chi connectivity index (χ3n) is 9.59. The van der Waals surface area contributed by atoms with Crippen molar-refractivity contribution in [2.75, 3.05) is 53.9 Å². The number of unbranched alkanes of at least 4 members (excludes halogenated alkanes) is 3. The van der Waals surface area contributed by atoms with Crippen LogP contribution in [0.25, 0.3) is 0 Å². The zero-order valence-electron chi connectivity index (χ0n) is 32.3. The van der Waals surface area contributed by atoms with Crippen LogP contribution in [0.5, 0.6) is 0 Å². The van der Waals surface area contributed by atoms with E-state index in [4.69, 9.17) is 10.5 Å². The van der Waals surface area contributed by atoms with Crippen molar-refractivity contribution < 1.29 is 24.2 Å². The van der Waals surface area contributed by atoms with Gasteiger partial charge in [0.05, 0.1) is 29.9 Å². The highest BCUT2D eigenvalue weighted by Crippen LogP contribution is 2.39. The molecule has 12 heteroatoms. The van der Waals surface area contributed by atoms with Crippen molar-refractivity contribution in [3.05, 3.63) is 0 Å². The topological polar surface area (TPSA) is 179 Å². The number of hydrogen-bond donors (Lipinski definition) is 8. The molecule has 0 aromatic rings. The number of likely N-dealkylation sites (N-methyl/N-ethyl adjacent to an activating group) is 2. The van der Waals surface area contributed by atoms with E-state index in [2.05, 4.69) is 66.5 Å². The lowest BCUT2D eigenvalue weighted by atomic mass is 9.71. The zero-order chi connectivity index (χ0) is 36.8. The normalized spacial score (nSPS) is 15.0. The summed E-state index contributed by atoms with van der Waals surface area (Å²) in [6.45, 7) is 17.1. The number of hydrogen-bond acceptors (Lipinski definition) is 9. The van der Waals surface area contributed by atoms with E-state index in [-0.39, 0.29) is 41.1 Å². The highest BCUT2D eigenvalue weighted by Gasteiger charge is 2.39. The zero-order valence-corrected chi connectivity index (χ0v) is 32.3. The first-order chi connectivity index (χ1) is 22.4. The monoisotopic (exact) mass is 686 g/mol. The van der Waals surface area contributed by atoms with Crippen molar-refractivity contribution in [2.24, 2.45) is 17.1 Å². The van der Waals surface area contributed by atoms with Crippen LogP contribution in [0.15, 0.2) is 0 Å². The number of carbonyl (C=O) groups excluding carboxylic acids is 3. The van der Waals surface area contributed by atoms with Crippen LogP contribution in [-0.2, 0) is 19.1 Å². The summed E-state index contributed by atoms with van der Waals surface area (Å²) in [5.41, 5.74) is 4.17. The first-order valence-corrected chi connectivity index (χ1v) is 18.4. The molecule has 0 aromatic carbocycles. The molecule has 0 saturated carbocycles. The van der Waals surface area contributed by atoms with Crippen molar-refractivity contribution in [3.63, 3.8) is 0 Å². The number of nitrogens with two attached hydrogens (primary N) is 1. The molecule has 0 aliphatic carbocycles. The lowest BCUT2D eigenvalue weighted by molar-refractivity contribution is -0.130. The molecule has 0 radical (unpaired) electrons. The molecule has 0 aromatic heterocycles. The van der Waals surface area contributed by atoms with E-state index in [9.17, 15) is 19.5 Å². The van der Waals surface area contributed by atoms with E-state index < -0.39 is 17.2 Å². The molecule has 4 atom stereocenters. The van der Waals surface area contributed by atoms with Crippen molar-refractivity contribution >= 4 is 17.7 Å². The molecule has 4 unspecified atom stereocenters. The molecule has 284 valence electrons. The van der Waals surface area contributed by atoms with Gasteiger partial charge in [-0.2, -0.15) is 0 Å². The van der Waals surface area contributed by atoms with Crippen LogP contribution in [0.1, 0.15) is 119 Å². The van der Waals surface area contributed by atoms with Gasteiger partial charge < -0.3 is 47.5 Å². The number of ether oxygens (including phenoxy) is 1. The third-order valence-corrected chi connectivity index (χ3v) is 9.59. The molecule has 0 fully saturated rings. The highest BCUT2D eigenvalue weighted by molar-refractivity contribution is 5.89. The lowest BCUT2D eigenvalue weighted by Gasteiger charge is -2.43. The quantitative estimate of drug-likeness (QED) is 0.0550. The van der Waals surface area contributed by atoms with E-state index >= 15 is 0 Å². The van der Waals surface area contributed by atoms with Crippen LogP contribution >= 0.6 is 0 Å². The average Bonchev–Trinajstić information content (AvgIpc) is 3.00. The van der Waals surface area contributed by atoms with Gasteiger partial charge in [-0.05, 0) is 131 Å². The lowest BCUT2D eigenvalue weighted by Crippen LogP contribution is -2.53. The Balaban J connectivity index is 5.28. The van der Waals surface area contributed by atoms with Crippen LogP contribution in [0.4, 0.5) is 0 Å². The SMILES string of the molecule is CNCCCCC(NC)C(=O)NC(CCCCNC(=O)C(CCCCN)NC)C(=O)NCC(C)CC(C)(C)C(C)(C)OCCC(C)(C)O. The summed E-state index contributed by atoms with van der Waals surface area (Å²) in [7, 11) is 5.47. The second kappa shape index (κ2) is 24.3. The van der Waals surface area contributed by atoms with E-state index in [1.807, 2.05) is 7.05 Å². The van der Waals surface area contributed by atoms with Crippen LogP contribution in [0.3, 0.4) is 0 Å². The third kappa shape index (κ3) is 20.0. The van der Waals surface area contributed by atoms with Gasteiger partial charge in [-0.1, -0.05) is 33.6 Å². The number of aliphatic hydroxyl groups is 1. The fraction of sp³-hybridized carbons (Fsp3) is 0.917. The first kappa shape index (κ1) is 46.2. The Morgan fingerprint density at radius 1 is 0.729 bits per heavy atom. The molecular weight excluding hydrogens is 610 g/mol. The standard InChI is InChI=1S/C36H75N7O5/c1-27(25-34(2,3)36(6,7)48-24-20-35(4,5)47)26-42-32(45)30(43-33(46)29(40-10)18-12-15-22-38-8)19-13-16-23-41-31(44)28(39-9)17-11-14-21-37/h27-30,38-40,47H,11-26,37H2,1-10H3,(H,41,44)(H,42,45)(H,43,46). The van der Waals surface area contributed by atoms with Crippen molar-refractivity contribution in [1.82, 2.24) is 31.9 Å². The Hall–Kier alpha value is -1.83. The number of amides is 3. The van der Waals surface area contributed by atoms with E-state index in [0.29, 0.717) is 58.3 Å². The van der Waals surface area contributed by atoms with Gasteiger partial charge in [0, 0.05) is 13.1 Å². The Kier molecular flexibility index (Phi) is 23.4. The summed E-state index contributed by atoms with van der Waals surface area (Å²) >= 11 is 0. The van der Waals surface area contributed by atoms with Gasteiger partial charge in [-0.15, -0.1) is 0 Å². The highest BCUT2D eigenvalue weighted by atomic mass is 16.5. The molecule has 0 aliphatic heterocycles. The summed E-state index contributed by atoms with van der Waals surface area (Å²) in [6.07, 6.45) is 8.24. The van der Waals surface area contributed by atoms with Gasteiger partial charge >= 0.3 is 0 Å². The van der Waals surface area contributed by atoms with Gasteiger partial charge in [0.1, 0.15) is 6.04 Å². The molecule has 0 rings (SSSR count). The van der Waals surface area contributed by atoms with E-state index in [0.717, 1.165) is 45.1 Å². The maximum Gasteiger partial charge on any atom is 0.242 e. The van der Waals surface area contributed by atoms with E-state index in [1.165, 1.54) is 0 Å². The molecule has 3 amide bonds. The molecule has 0 heterocycles. The van der Waals surface area contributed by atoms with Crippen molar-refractivity contribution in [1.29, 1.82) is 0 Å². The van der Waals surface area contributed by atoms with Crippen molar-refractivity contribution in [2.45, 2.75) is 148 Å². The van der Waals surface area contributed by atoms with E-state index in [1.54, 1.807) is 27.9 Å². The number of carbonyl (C=O) groups is 3. The summed E-state index contributed by atoms with van der Waals surface area (Å²) in [5, 5.41) is 28.5. The summed E-state index contributed by atoms with van der Waals surface area (Å²) in [4.78, 5) is 39.4. The summed E-state index contributed by atoms with van der Waals surface area (Å²) < 4.78 is 6.23. The second-order valence-corrected chi connectivity index (χ2v) is 15.3. The molecule has 12 nitrogen and oxygen atoms in total. The van der Waals surface area contributed by atoms with Crippen LogP contribution < -0.4 is 37.6 Å². The summed E-state index contributed by atoms with van der Waals surface area (Å²) in [6, 6.07) is -1.31. The molecule has 9 N–H and O–H groups in total. The molecule has 0 bridgehead atoms. The Morgan fingerprint density at radius 3 is 1.79 bits per heavy atom. The number of nitrogens with one attached hydrogen (secondary N) is 6. The van der Waals surface area contributed by atoms with Gasteiger partial charge in [-0.3, -0.25) is 14.4 Å². The average molecular weight is 686 g/mol. The molecule has 48 heavy (non-hydrogen) atoms. The Bertz CT molecular complexity index is 894. The Morgan fingerprint density at radius 2 is 1.25 bits per heavy atom. The molecular formula is C36H75N7O5. The minimum atomic E-state index is -0.780. The van der Waals surface area contributed by atoms with Crippen LogP contribution in [0.2, 0.25) is 0 Å². The molecule has 0 saturated heterocycles. The largest absolute Gasteiger partial charge is 0.390 e. The smallest absolute Gasteiger partial charge is 0.242 e. The first-order valence-electron chi connectivity index (χ1n) is 18.4. The van der Waals surface area contributed by atoms with Crippen LogP contribution in [-0.4, -0.2) is 106 Å². The predicted octanol–water partition coefficient (Wildman–Crippen LogP) is 2.58. The van der Waals surface area contributed by atoms with Gasteiger partial charge in [0.25, 0.3) is 0 Å². The van der Waals surface area contributed by atoms with Crippen LogP contribution in [0, 0.1) is 11.3 Å². The molecule has 0 spiro atoms. The van der Waals surface area contributed by atoms with Gasteiger partial charge in [0.2, 0.25) is 17.7 Å².